The summed E-state index contributed by atoms with van der Waals surface area (Å²) < 4.78 is 82.7. The third-order valence-corrected chi connectivity index (χ3v) is 10.9. The van der Waals surface area contributed by atoms with Crippen molar-refractivity contribution < 1.29 is 35.5 Å². The van der Waals surface area contributed by atoms with Crippen molar-refractivity contribution in [2.24, 2.45) is 0 Å². The fraction of sp³-hybridized carbons (Fsp3) is 0.500. The van der Waals surface area contributed by atoms with Crippen LogP contribution in [0.3, 0.4) is 0 Å². The molecule has 1 saturated carbocycles. The highest BCUT2D eigenvalue weighted by molar-refractivity contribution is 7.90. The molecule has 16 heteroatoms. The summed E-state index contributed by atoms with van der Waals surface area (Å²) >= 11 is 0. The van der Waals surface area contributed by atoms with E-state index in [1.54, 1.807) is 6.92 Å². The number of ether oxygens (including phenoxy) is 1. The van der Waals surface area contributed by atoms with Crippen LogP contribution in [0.2, 0.25) is 0 Å². The summed E-state index contributed by atoms with van der Waals surface area (Å²) in [7, 11) is -7.30. The number of halogens is 2. The van der Waals surface area contributed by atoms with Crippen molar-refractivity contribution in [1.29, 1.82) is 0 Å². The molecule has 0 spiro atoms. The highest BCUT2D eigenvalue weighted by Gasteiger charge is 2.40. The first-order valence-corrected chi connectivity index (χ1v) is 16.7. The van der Waals surface area contributed by atoms with Gasteiger partial charge in [0.25, 0.3) is 5.56 Å². The van der Waals surface area contributed by atoms with E-state index in [1.165, 1.54) is 39.3 Å². The lowest BCUT2D eigenvalue weighted by atomic mass is 10.00. The van der Waals surface area contributed by atoms with Crippen molar-refractivity contribution in [3.8, 4) is 5.75 Å². The van der Waals surface area contributed by atoms with Gasteiger partial charge < -0.3 is 15.2 Å². The van der Waals surface area contributed by atoms with Crippen molar-refractivity contribution in [2.45, 2.75) is 73.1 Å². The molecule has 1 aromatic carbocycles. The first-order valence-electron chi connectivity index (χ1n) is 13.3. The molecule has 12 nitrogen and oxygen atoms in total. The maximum Gasteiger partial charge on any atom is 0.387 e. The Hall–Kier alpha value is -3.21. The quantitative estimate of drug-likeness (QED) is 0.380. The number of rotatable bonds is 8. The van der Waals surface area contributed by atoms with E-state index in [1.807, 2.05) is 0 Å². The smallest absolute Gasteiger partial charge is 0.387 e. The summed E-state index contributed by atoms with van der Waals surface area (Å²) in [6, 6.07) is 5.31. The van der Waals surface area contributed by atoms with Gasteiger partial charge in [-0.1, -0.05) is 0 Å². The first kappa shape index (κ1) is 30.3. The fourth-order valence-electron chi connectivity index (χ4n) is 5.60. The Balaban J connectivity index is 1.36. The standard InChI is InChI=1S/C26H31F2N5O7S2/c1-26(35)11-3-4-21(26)33-22-16(14-20(23(33)34)40-24(27)28)15-29-25(31-22)30-17-9-12-32(13-10-17)42(38,39)19-7-5-18(6-8-19)41(2,36)37/h5-8,14-15,17,21,24,35H,3-4,9-13H2,1-2H3,(H,29,30,31)/t21-,26-/m1/s1. The molecule has 5 rings (SSSR count). The number of anilines is 1. The Kier molecular flexibility index (Phi) is 8.02. The molecule has 228 valence electrons. The molecular weight excluding hydrogens is 596 g/mol. The summed E-state index contributed by atoms with van der Waals surface area (Å²) in [6.45, 7) is -1.25. The zero-order valence-electron chi connectivity index (χ0n) is 22.9. The molecular formula is C26H31F2N5O7S2. The predicted octanol–water partition coefficient (Wildman–Crippen LogP) is 2.54. The minimum atomic E-state index is -3.84. The molecule has 3 aromatic rings. The maximum absolute atomic E-state index is 13.2. The molecule has 0 unspecified atom stereocenters. The molecule has 0 amide bonds. The third-order valence-electron chi connectivity index (χ3n) is 7.82. The predicted molar refractivity (Wildman–Crippen MR) is 149 cm³/mol. The molecule has 0 bridgehead atoms. The summed E-state index contributed by atoms with van der Waals surface area (Å²) in [5, 5.41) is 14.4. The second-order valence-electron chi connectivity index (χ2n) is 10.9. The minimum Gasteiger partial charge on any atom is -0.429 e. The number of nitrogens with one attached hydrogen (secondary N) is 1. The van der Waals surface area contributed by atoms with Gasteiger partial charge in [0, 0.05) is 37.0 Å². The molecule has 2 N–H and O–H groups in total. The number of sulfonamides is 1. The monoisotopic (exact) mass is 627 g/mol. The van der Waals surface area contributed by atoms with Gasteiger partial charge in [-0.2, -0.15) is 18.1 Å². The van der Waals surface area contributed by atoms with Gasteiger partial charge in [-0.25, -0.2) is 21.8 Å². The van der Waals surface area contributed by atoms with E-state index >= 15 is 0 Å². The molecule has 2 atom stereocenters. The van der Waals surface area contributed by atoms with E-state index in [2.05, 4.69) is 20.0 Å². The molecule has 0 radical (unpaired) electrons. The first-order chi connectivity index (χ1) is 19.7. The summed E-state index contributed by atoms with van der Waals surface area (Å²) in [4.78, 5) is 22.0. The average molecular weight is 628 g/mol. The van der Waals surface area contributed by atoms with Crippen LogP contribution in [0.25, 0.3) is 11.0 Å². The molecule has 1 aliphatic heterocycles. The summed E-state index contributed by atoms with van der Waals surface area (Å²) in [5.74, 6) is -0.405. The van der Waals surface area contributed by atoms with Gasteiger partial charge >= 0.3 is 6.61 Å². The number of piperidine rings is 1. The maximum atomic E-state index is 13.2. The number of alkyl halides is 2. The Morgan fingerprint density at radius 1 is 1.10 bits per heavy atom. The van der Waals surface area contributed by atoms with E-state index in [0.717, 1.165) is 12.3 Å². The normalized spacial score (nSPS) is 22.6. The van der Waals surface area contributed by atoms with Crippen molar-refractivity contribution >= 4 is 36.8 Å². The van der Waals surface area contributed by atoms with Gasteiger partial charge in [-0.3, -0.25) is 9.36 Å². The van der Waals surface area contributed by atoms with Gasteiger partial charge in [0.15, 0.2) is 15.6 Å². The number of aliphatic hydroxyl groups is 1. The number of hydrogen-bond donors (Lipinski definition) is 2. The van der Waals surface area contributed by atoms with Gasteiger partial charge in [0.1, 0.15) is 5.65 Å². The second-order valence-corrected chi connectivity index (χ2v) is 14.8. The van der Waals surface area contributed by atoms with Crippen LogP contribution in [0.1, 0.15) is 45.1 Å². The lowest BCUT2D eigenvalue weighted by molar-refractivity contribution is -0.0513. The molecule has 2 aliphatic rings. The van der Waals surface area contributed by atoms with Crippen LogP contribution in [0.4, 0.5) is 14.7 Å². The van der Waals surface area contributed by atoms with Crippen LogP contribution in [0.15, 0.2) is 51.1 Å². The third kappa shape index (κ3) is 5.98. The van der Waals surface area contributed by atoms with Crippen LogP contribution in [-0.4, -0.2) is 78.4 Å². The number of aromatic nitrogens is 3. The van der Waals surface area contributed by atoms with E-state index in [0.29, 0.717) is 32.1 Å². The number of nitrogens with zero attached hydrogens (tertiary/aromatic N) is 4. The largest absolute Gasteiger partial charge is 0.429 e. The lowest BCUT2D eigenvalue weighted by Gasteiger charge is -2.32. The van der Waals surface area contributed by atoms with Crippen molar-refractivity contribution in [3.63, 3.8) is 0 Å². The Morgan fingerprint density at radius 2 is 1.74 bits per heavy atom. The van der Waals surface area contributed by atoms with Crippen LogP contribution in [0.5, 0.6) is 5.75 Å². The lowest BCUT2D eigenvalue weighted by Crippen LogP contribution is -2.42. The van der Waals surface area contributed by atoms with Gasteiger partial charge in [0.2, 0.25) is 16.0 Å². The zero-order valence-corrected chi connectivity index (χ0v) is 24.5. The highest BCUT2D eigenvalue weighted by atomic mass is 32.2. The topological polar surface area (TPSA) is 161 Å². The molecule has 1 aliphatic carbocycles. The SMILES string of the molecule is C[C@@]1(O)CCC[C@H]1n1c(=O)c(OC(F)F)cc2cnc(NC3CCN(S(=O)(=O)c4ccc(S(C)(=O)=O)cc4)CC3)nc21. The second kappa shape index (κ2) is 11.1. The van der Waals surface area contributed by atoms with Gasteiger partial charge in [-0.15, -0.1) is 0 Å². The highest BCUT2D eigenvalue weighted by Crippen LogP contribution is 2.40. The zero-order chi connectivity index (χ0) is 30.4. The van der Waals surface area contributed by atoms with Gasteiger partial charge in [0.05, 0.1) is 21.4 Å². The van der Waals surface area contributed by atoms with Crippen molar-refractivity contribution in [1.82, 2.24) is 18.8 Å². The van der Waals surface area contributed by atoms with Crippen molar-refractivity contribution in [3.05, 3.63) is 46.9 Å². The van der Waals surface area contributed by atoms with Gasteiger partial charge in [-0.05, 0) is 69.4 Å². The number of hydrogen-bond acceptors (Lipinski definition) is 10. The Labute approximate surface area is 241 Å². The summed E-state index contributed by atoms with van der Waals surface area (Å²) in [5.41, 5.74) is -1.94. The number of benzene rings is 1. The number of pyridine rings is 1. The number of sulfone groups is 1. The van der Waals surface area contributed by atoms with Crippen LogP contribution < -0.4 is 15.6 Å². The van der Waals surface area contributed by atoms with E-state index < -0.39 is 49.4 Å². The van der Waals surface area contributed by atoms with Crippen LogP contribution in [-0.2, 0) is 19.9 Å². The van der Waals surface area contributed by atoms with E-state index in [4.69, 9.17) is 0 Å². The molecule has 42 heavy (non-hydrogen) atoms. The van der Waals surface area contributed by atoms with Crippen LogP contribution in [0, 0.1) is 0 Å². The van der Waals surface area contributed by atoms with Crippen LogP contribution >= 0.6 is 0 Å². The molecule has 3 heterocycles. The number of fused-ring (bicyclic) bond motifs is 1. The minimum absolute atomic E-state index is 0.00451. The molecule has 2 fully saturated rings. The van der Waals surface area contributed by atoms with E-state index in [-0.39, 0.29) is 45.9 Å². The summed E-state index contributed by atoms with van der Waals surface area (Å²) in [6.07, 6.45) is 4.74. The molecule has 2 aromatic heterocycles. The molecule has 1 saturated heterocycles. The van der Waals surface area contributed by atoms with E-state index in [9.17, 15) is 35.5 Å². The Morgan fingerprint density at radius 3 is 2.31 bits per heavy atom. The van der Waals surface area contributed by atoms with Crippen molar-refractivity contribution in [2.75, 3.05) is 24.7 Å². The fourth-order valence-corrected chi connectivity index (χ4v) is 7.70. The average Bonchev–Trinajstić information content (AvgIpc) is 3.27. The Bertz CT molecular complexity index is 1760.